The van der Waals surface area contributed by atoms with Crippen molar-refractivity contribution in [2.75, 3.05) is 7.11 Å². The van der Waals surface area contributed by atoms with E-state index in [-0.39, 0.29) is 5.75 Å². The first kappa shape index (κ1) is 13.8. The van der Waals surface area contributed by atoms with Crippen LogP contribution >= 0.6 is 0 Å². The van der Waals surface area contributed by atoms with Crippen LogP contribution in [0.5, 0.6) is 11.5 Å². The zero-order valence-corrected chi connectivity index (χ0v) is 10.6. The van der Waals surface area contributed by atoms with Gasteiger partial charge in [0, 0.05) is 0 Å². The van der Waals surface area contributed by atoms with Gasteiger partial charge in [-0.25, -0.2) is 0 Å². The highest BCUT2D eigenvalue weighted by Crippen LogP contribution is 2.30. The summed E-state index contributed by atoms with van der Waals surface area (Å²) in [7, 11) is 1.51. The monoisotopic (exact) mass is 238 g/mol. The molecule has 17 heavy (non-hydrogen) atoms. The Morgan fingerprint density at radius 3 is 2.65 bits per heavy atom. The highest BCUT2D eigenvalue weighted by Gasteiger charge is 2.10. The highest BCUT2D eigenvalue weighted by atomic mass is 16.5. The first-order valence-corrected chi connectivity index (χ1v) is 6.24. The third-order valence-corrected chi connectivity index (χ3v) is 2.92. The summed E-state index contributed by atoms with van der Waals surface area (Å²) in [5, 5.41) is 19.4. The fourth-order valence-electron chi connectivity index (χ4n) is 1.83. The Bertz CT molecular complexity index is 336. The molecule has 0 aliphatic carbocycles. The summed E-state index contributed by atoms with van der Waals surface area (Å²) >= 11 is 0. The van der Waals surface area contributed by atoms with Gasteiger partial charge in [0.25, 0.3) is 0 Å². The number of ether oxygens (including phenoxy) is 1. The number of aromatic hydroxyl groups is 1. The second-order valence-corrected chi connectivity index (χ2v) is 4.30. The average molecular weight is 238 g/mol. The maximum absolute atomic E-state index is 9.99. The van der Waals surface area contributed by atoms with Crippen molar-refractivity contribution >= 4 is 0 Å². The Hall–Kier alpha value is -1.22. The van der Waals surface area contributed by atoms with Gasteiger partial charge in [-0.05, 0) is 24.1 Å². The van der Waals surface area contributed by atoms with Gasteiger partial charge < -0.3 is 14.9 Å². The quantitative estimate of drug-likeness (QED) is 0.716. The number of rotatable bonds is 7. The number of aliphatic hydroxyl groups is 1. The second-order valence-electron chi connectivity index (χ2n) is 4.30. The molecule has 0 heterocycles. The zero-order chi connectivity index (χ0) is 12.7. The highest BCUT2D eigenvalue weighted by molar-refractivity contribution is 5.42. The largest absolute Gasteiger partial charge is 0.504 e. The van der Waals surface area contributed by atoms with E-state index in [4.69, 9.17) is 4.74 Å². The van der Waals surface area contributed by atoms with E-state index in [0.717, 1.165) is 24.8 Å². The first-order chi connectivity index (χ1) is 8.19. The van der Waals surface area contributed by atoms with Crippen molar-refractivity contribution in [2.45, 2.75) is 45.1 Å². The molecule has 3 heteroatoms. The SMILES string of the molecule is CCCCCCC(O)c1ccc(O)c(OC)c1. The molecule has 0 fully saturated rings. The summed E-state index contributed by atoms with van der Waals surface area (Å²) in [6.45, 7) is 2.17. The third kappa shape index (κ3) is 4.27. The Morgan fingerprint density at radius 1 is 1.24 bits per heavy atom. The summed E-state index contributed by atoms with van der Waals surface area (Å²) in [6, 6.07) is 4.99. The van der Waals surface area contributed by atoms with Gasteiger partial charge in [-0.15, -0.1) is 0 Å². The lowest BCUT2D eigenvalue weighted by molar-refractivity contribution is 0.163. The molecule has 0 spiro atoms. The van der Waals surface area contributed by atoms with Crippen LogP contribution in [-0.2, 0) is 0 Å². The average Bonchev–Trinajstić information content (AvgIpc) is 2.35. The lowest BCUT2D eigenvalue weighted by Crippen LogP contribution is -1.98. The molecule has 96 valence electrons. The molecule has 0 aliphatic heterocycles. The van der Waals surface area contributed by atoms with Crippen molar-refractivity contribution < 1.29 is 14.9 Å². The third-order valence-electron chi connectivity index (χ3n) is 2.92. The number of hydrogen-bond donors (Lipinski definition) is 2. The van der Waals surface area contributed by atoms with Gasteiger partial charge >= 0.3 is 0 Å². The van der Waals surface area contributed by atoms with E-state index in [0.29, 0.717) is 5.75 Å². The molecule has 0 bridgehead atoms. The molecule has 2 N–H and O–H groups in total. The Morgan fingerprint density at radius 2 is 2.00 bits per heavy atom. The number of phenols is 1. The number of benzene rings is 1. The minimum absolute atomic E-state index is 0.106. The lowest BCUT2D eigenvalue weighted by Gasteiger charge is -2.12. The number of unbranched alkanes of at least 4 members (excludes halogenated alkanes) is 3. The van der Waals surface area contributed by atoms with E-state index in [1.165, 1.54) is 20.0 Å². The van der Waals surface area contributed by atoms with Crippen LogP contribution in [0.15, 0.2) is 18.2 Å². The van der Waals surface area contributed by atoms with Crippen molar-refractivity contribution in [3.63, 3.8) is 0 Å². The first-order valence-electron chi connectivity index (χ1n) is 6.24. The summed E-state index contributed by atoms with van der Waals surface area (Å²) in [6.07, 6.45) is 4.88. The van der Waals surface area contributed by atoms with Crippen LogP contribution < -0.4 is 4.74 Å². The van der Waals surface area contributed by atoms with Crippen LogP contribution in [-0.4, -0.2) is 17.3 Å². The van der Waals surface area contributed by atoms with E-state index in [1.54, 1.807) is 18.2 Å². The maximum atomic E-state index is 9.99. The van der Waals surface area contributed by atoms with Crippen LogP contribution in [0.2, 0.25) is 0 Å². The molecule has 1 atom stereocenters. The van der Waals surface area contributed by atoms with Crippen molar-refractivity contribution in [3.8, 4) is 11.5 Å². The summed E-state index contributed by atoms with van der Waals surface area (Å²) < 4.78 is 5.02. The van der Waals surface area contributed by atoms with Gasteiger partial charge in [0.05, 0.1) is 13.2 Å². The fraction of sp³-hybridized carbons (Fsp3) is 0.571. The standard InChI is InChI=1S/C14H22O3/c1-3-4-5-6-7-12(15)11-8-9-13(16)14(10-11)17-2/h8-10,12,15-16H,3-7H2,1-2H3. The van der Waals surface area contributed by atoms with Crippen LogP contribution in [0.25, 0.3) is 0 Å². The molecule has 1 aromatic carbocycles. The van der Waals surface area contributed by atoms with Gasteiger partial charge in [0.15, 0.2) is 11.5 Å². The summed E-state index contributed by atoms with van der Waals surface area (Å²) in [4.78, 5) is 0. The second kappa shape index (κ2) is 7.17. The zero-order valence-electron chi connectivity index (χ0n) is 10.6. The minimum Gasteiger partial charge on any atom is -0.504 e. The van der Waals surface area contributed by atoms with Crippen LogP contribution in [0.3, 0.4) is 0 Å². The predicted molar refractivity (Wildman–Crippen MR) is 68.4 cm³/mol. The Labute approximate surface area is 103 Å². The van der Waals surface area contributed by atoms with E-state index in [1.807, 2.05) is 0 Å². The molecular formula is C14H22O3. The van der Waals surface area contributed by atoms with E-state index >= 15 is 0 Å². The summed E-state index contributed by atoms with van der Waals surface area (Å²) in [5.74, 6) is 0.518. The number of aliphatic hydroxyl groups excluding tert-OH is 1. The van der Waals surface area contributed by atoms with Gasteiger partial charge in [0.1, 0.15) is 0 Å². The maximum Gasteiger partial charge on any atom is 0.160 e. The van der Waals surface area contributed by atoms with E-state index in [9.17, 15) is 10.2 Å². The van der Waals surface area contributed by atoms with Crippen LogP contribution in [0.4, 0.5) is 0 Å². The number of methoxy groups -OCH3 is 1. The minimum atomic E-state index is -0.471. The molecule has 0 aromatic heterocycles. The molecule has 0 saturated heterocycles. The van der Waals surface area contributed by atoms with Gasteiger partial charge in [0.2, 0.25) is 0 Å². The molecule has 1 unspecified atom stereocenters. The molecule has 1 aromatic rings. The lowest BCUT2D eigenvalue weighted by atomic mass is 10.0. The van der Waals surface area contributed by atoms with Crippen LogP contribution in [0, 0.1) is 0 Å². The molecule has 0 saturated carbocycles. The smallest absolute Gasteiger partial charge is 0.160 e. The van der Waals surface area contributed by atoms with E-state index in [2.05, 4.69) is 6.92 Å². The number of hydrogen-bond acceptors (Lipinski definition) is 3. The van der Waals surface area contributed by atoms with Crippen molar-refractivity contribution in [2.24, 2.45) is 0 Å². The normalized spacial score (nSPS) is 12.4. The van der Waals surface area contributed by atoms with Crippen LogP contribution in [0.1, 0.15) is 50.7 Å². The summed E-state index contributed by atoms with van der Waals surface area (Å²) in [5.41, 5.74) is 0.802. The van der Waals surface area contributed by atoms with Gasteiger partial charge in [-0.3, -0.25) is 0 Å². The van der Waals surface area contributed by atoms with Crippen molar-refractivity contribution in [1.29, 1.82) is 0 Å². The van der Waals surface area contributed by atoms with Gasteiger partial charge in [-0.2, -0.15) is 0 Å². The van der Waals surface area contributed by atoms with Gasteiger partial charge in [-0.1, -0.05) is 38.7 Å². The van der Waals surface area contributed by atoms with E-state index < -0.39 is 6.10 Å². The molecule has 1 rings (SSSR count). The molecule has 0 aliphatic rings. The molecule has 3 nitrogen and oxygen atoms in total. The number of phenolic OH excluding ortho intramolecular Hbond substituents is 1. The molecule has 0 amide bonds. The van der Waals surface area contributed by atoms with Crippen molar-refractivity contribution in [3.05, 3.63) is 23.8 Å². The Kier molecular flexibility index (Phi) is 5.84. The fourth-order valence-corrected chi connectivity index (χ4v) is 1.83. The topological polar surface area (TPSA) is 49.7 Å². The Balaban J connectivity index is 2.53. The molecular weight excluding hydrogens is 216 g/mol. The van der Waals surface area contributed by atoms with Crippen molar-refractivity contribution in [1.82, 2.24) is 0 Å². The predicted octanol–water partition coefficient (Wildman–Crippen LogP) is 3.40. The molecule has 0 radical (unpaired) electrons.